The summed E-state index contributed by atoms with van der Waals surface area (Å²) in [4.78, 5) is 45.1. The molecule has 2 heterocycles. The van der Waals surface area contributed by atoms with Gasteiger partial charge in [-0.25, -0.2) is 4.79 Å². The number of imidazole rings is 1. The Morgan fingerprint density at radius 3 is 2.65 bits per heavy atom. The number of anilines is 3. The minimum atomic E-state index is -0.501. The van der Waals surface area contributed by atoms with Crippen LogP contribution in [-0.2, 0) is 4.79 Å². The Kier molecular flexibility index (Phi) is 6.43. The number of aryl methyl sites for hydroxylation is 1. The van der Waals surface area contributed by atoms with E-state index in [1.54, 1.807) is 23.8 Å². The van der Waals surface area contributed by atoms with Crippen LogP contribution in [0.1, 0.15) is 47.8 Å². The number of oxazole rings is 1. The first-order valence-corrected chi connectivity index (χ1v) is 12.0. The van der Waals surface area contributed by atoms with Crippen LogP contribution in [0.25, 0.3) is 11.0 Å². The first-order valence-electron chi connectivity index (χ1n) is 12.0. The number of hydrogen-bond acceptors (Lipinski definition) is 7. The molecule has 0 bridgehead atoms. The third kappa shape index (κ3) is 4.80. The lowest BCUT2D eigenvalue weighted by Gasteiger charge is -2.28. The van der Waals surface area contributed by atoms with E-state index < -0.39 is 5.91 Å². The molecule has 2 aromatic heterocycles. The Morgan fingerprint density at radius 2 is 1.95 bits per heavy atom. The molecule has 5 N–H and O–H groups in total. The van der Waals surface area contributed by atoms with Crippen molar-refractivity contribution in [3.8, 4) is 5.75 Å². The molecular formula is C26H28N6O5. The molecule has 192 valence electrons. The molecule has 1 aliphatic rings. The summed E-state index contributed by atoms with van der Waals surface area (Å²) in [6, 6.07) is 10.7. The Hall–Kier alpha value is -4.54. The Balaban J connectivity index is 1.28. The Labute approximate surface area is 212 Å². The van der Waals surface area contributed by atoms with Gasteiger partial charge in [0, 0.05) is 23.7 Å². The average molecular weight is 505 g/mol. The molecule has 0 spiro atoms. The minimum Gasteiger partial charge on any atom is -0.496 e. The van der Waals surface area contributed by atoms with Gasteiger partial charge in [0.15, 0.2) is 5.69 Å². The van der Waals surface area contributed by atoms with E-state index in [1.165, 1.54) is 6.26 Å². The number of H-pyrrole nitrogens is 1. The van der Waals surface area contributed by atoms with Crippen molar-refractivity contribution in [3.63, 3.8) is 0 Å². The molecule has 0 atom stereocenters. The molecule has 5 rings (SSSR count). The van der Waals surface area contributed by atoms with Crippen LogP contribution in [0, 0.1) is 12.8 Å². The standard InChI is InChI=1S/C26H28N6O5/c1-14-6-9-16(12-21(14)36-2)28-23(33)15-7-10-17(11-8-15)32-20-5-3-4-18(22(20)31-26(32)35)29-24(34)19-13-37-25(27)30-19/h3-6,9,12-13,15,17H,7-8,10-11H2,1-2H3,(H2,27,30)(H,28,33)(H,29,34)(H,31,35). The van der Waals surface area contributed by atoms with E-state index in [1.807, 2.05) is 31.2 Å². The molecule has 2 amide bonds. The second-order valence-electron chi connectivity index (χ2n) is 9.20. The van der Waals surface area contributed by atoms with Gasteiger partial charge in [0.1, 0.15) is 12.0 Å². The lowest BCUT2D eigenvalue weighted by molar-refractivity contribution is -0.121. The van der Waals surface area contributed by atoms with Crippen molar-refractivity contribution in [1.29, 1.82) is 0 Å². The van der Waals surface area contributed by atoms with Crippen LogP contribution in [0.5, 0.6) is 5.75 Å². The number of carbonyl (C=O) groups excluding carboxylic acids is 2. The highest BCUT2D eigenvalue weighted by Gasteiger charge is 2.29. The van der Waals surface area contributed by atoms with Crippen molar-refractivity contribution >= 4 is 40.2 Å². The van der Waals surface area contributed by atoms with Crippen molar-refractivity contribution in [1.82, 2.24) is 14.5 Å². The second kappa shape index (κ2) is 9.84. The maximum Gasteiger partial charge on any atom is 0.326 e. The fourth-order valence-corrected chi connectivity index (χ4v) is 4.93. The number of hydrogen-bond donors (Lipinski definition) is 4. The molecule has 0 unspecified atom stereocenters. The molecule has 37 heavy (non-hydrogen) atoms. The summed E-state index contributed by atoms with van der Waals surface area (Å²) < 4.78 is 12.0. The van der Waals surface area contributed by atoms with Gasteiger partial charge in [0.2, 0.25) is 5.91 Å². The number of nitrogen functional groups attached to an aromatic ring is 1. The summed E-state index contributed by atoms with van der Waals surface area (Å²) in [6.45, 7) is 1.95. The van der Waals surface area contributed by atoms with Crippen molar-refractivity contribution in [2.24, 2.45) is 5.92 Å². The number of rotatable bonds is 6. The monoisotopic (exact) mass is 504 g/mol. The molecule has 11 nitrogen and oxygen atoms in total. The number of aromatic nitrogens is 3. The van der Waals surface area contributed by atoms with Crippen molar-refractivity contribution in [2.45, 2.75) is 38.6 Å². The lowest BCUT2D eigenvalue weighted by Crippen LogP contribution is -2.31. The highest BCUT2D eigenvalue weighted by molar-refractivity contribution is 6.07. The van der Waals surface area contributed by atoms with Crippen LogP contribution in [0.2, 0.25) is 0 Å². The van der Waals surface area contributed by atoms with Crippen LogP contribution < -0.4 is 26.8 Å². The summed E-state index contributed by atoms with van der Waals surface area (Å²) in [5, 5.41) is 5.74. The fraction of sp³-hybridized carbons (Fsp3) is 0.308. The number of amides is 2. The third-order valence-corrected chi connectivity index (χ3v) is 6.86. The third-order valence-electron chi connectivity index (χ3n) is 6.86. The molecule has 2 aromatic carbocycles. The van der Waals surface area contributed by atoms with Crippen LogP contribution in [0.4, 0.5) is 17.4 Å². The molecule has 0 aliphatic heterocycles. The molecule has 1 fully saturated rings. The highest BCUT2D eigenvalue weighted by atomic mass is 16.5. The van der Waals surface area contributed by atoms with Crippen LogP contribution in [0.15, 0.2) is 51.9 Å². The predicted molar refractivity (Wildman–Crippen MR) is 139 cm³/mol. The quantitative estimate of drug-likeness (QED) is 0.311. The SMILES string of the molecule is COc1cc(NC(=O)C2CCC(n3c(=O)[nH]c4c(NC(=O)c5coc(N)n5)cccc43)CC2)ccc1C. The number of nitrogens with zero attached hydrogens (tertiary/aromatic N) is 2. The van der Waals surface area contributed by atoms with Crippen LogP contribution >= 0.6 is 0 Å². The minimum absolute atomic E-state index is 0.0332. The largest absolute Gasteiger partial charge is 0.496 e. The van der Waals surface area contributed by atoms with E-state index in [0.717, 1.165) is 11.3 Å². The number of ether oxygens (including phenoxy) is 1. The first-order chi connectivity index (χ1) is 17.8. The van der Waals surface area contributed by atoms with Crippen molar-refractivity contribution < 1.29 is 18.7 Å². The molecule has 0 saturated heterocycles. The number of carbonyl (C=O) groups is 2. The van der Waals surface area contributed by atoms with Crippen LogP contribution in [-0.4, -0.2) is 33.5 Å². The van der Waals surface area contributed by atoms with E-state index in [2.05, 4.69) is 20.6 Å². The summed E-state index contributed by atoms with van der Waals surface area (Å²) in [5.41, 5.74) is 8.57. The summed E-state index contributed by atoms with van der Waals surface area (Å²) in [7, 11) is 1.60. The maximum atomic E-state index is 13.0. The number of methoxy groups -OCH3 is 1. The Bertz CT molecular complexity index is 1530. The molecule has 1 aliphatic carbocycles. The average Bonchev–Trinajstić information content (AvgIpc) is 3.48. The predicted octanol–water partition coefficient (Wildman–Crippen LogP) is 3.84. The molecule has 11 heteroatoms. The zero-order chi connectivity index (χ0) is 26.1. The van der Waals surface area contributed by atoms with Gasteiger partial charge in [-0.15, -0.1) is 0 Å². The van der Waals surface area contributed by atoms with Crippen molar-refractivity contribution in [3.05, 3.63) is 64.4 Å². The van der Waals surface area contributed by atoms with Crippen LogP contribution in [0.3, 0.4) is 0 Å². The maximum absolute atomic E-state index is 13.0. The van der Waals surface area contributed by atoms with Gasteiger partial charge >= 0.3 is 5.69 Å². The van der Waals surface area contributed by atoms with Gasteiger partial charge < -0.3 is 30.5 Å². The fourth-order valence-electron chi connectivity index (χ4n) is 4.93. The van der Waals surface area contributed by atoms with Gasteiger partial charge in [-0.1, -0.05) is 12.1 Å². The van der Waals surface area contributed by atoms with Crippen molar-refractivity contribution in [2.75, 3.05) is 23.5 Å². The van der Waals surface area contributed by atoms with Gasteiger partial charge in [-0.2, -0.15) is 4.98 Å². The number of para-hydroxylation sites is 1. The molecule has 1 saturated carbocycles. The van der Waals surface area contributed by atoms with E-state index in [9.17, 15) is 14.4 Å². The molecule has 0 radical (unpaired) electrons. The van der Waals surface area contributed by atoms with Gasteiger partial charge in [-0.3, -0.25) is 14.2 Å². The normalized spacial score (nSPS) is 17.5. The molecule has 4 aromatic rings. The van der Waals surface area contributed by atoms with Gasteiger partial charge in [0.05, 0.1) is 23.8 Å². The van der Waals surface area contributed by atoms with E-state index in [4.69, 9.17) is 14.9 Å². The topological polar surface area (TPSA) is 157 Å². The van der Waals surface area contributed by atoms with E-state index in [-0.39, 0.29) is 35.3 Å². The second-order valence-corrected chi connectivity index (χ2v) is 9.20. The Morgan fingerprint density at radius 1 is 1.16 bits per heavy atom. The van der Waals surface area contributed by atoms with Gasteiger partial charge in [0.25, 0.3) is 11.9 Å². The highest BCUT2D eigenvalue weighted by Crippen LogP contribution is 2.35. The first kappa shape index (κ1) is 24.2. The lowest BCUT2D eigenvalue weighted by atomic mass is 9.85. The summed E-state index contributed by atoms with van der Waals surface area (Å²) in [6.07, 6.45) is 3.84. The number of nitrogens with one attached hydrogen (secondary N) is 3. The number of aromatic amines is 1. The number of benzene rings is 2. The summed E-state index contributed by atoms with van der Waals surface area (Å²) in [5.74, 6) is 0.0449. The number of nitrogens with two attached hydrogens (primary N) is 1. The number of fused-ring (bicyclic) bond motifs is 1. The zero-order valence-corrected chi connectivity index (χ0v) is 20.5. The summed E-state index contributed by atoms with van der Waals surface area (Å²) >= 11 is 0. The molecular weight excluding hydrogens is 476 g/mol. The zero-order valence-electron chi connectivity index (χ0n) is 20.5. The van der Waals surface area contributed by atoms with E-state index in [0.29, 0.717) is 48.1 Å². The van der Waals surface area contributed by atoms with E-state index >= 15 is 0 Å². The smallest absolute Gasteiger partial charge is 0.326 e. The van der Waals surface area contributed by atoms with Gasteiger partial charge in [-0.05, 0) is 56.4 Å².